The van der Waals surface area contributed by atoms with E-state index in [0.29, 0.717) is 6.61 Å². The standard InChI is InChI=1S/C16H27NO2/c1-12-8-7-9-15(13(12)2)19-14(11-18-6)10-17-16(3,4)5/h7-9,14,17H,10-11H2,1-6H3. The maximum Gasteiger partial charge on any atom is 0.134 e. The van der Waals surface area contributed by atoms with Crippen LogP contribution in [0, 0.1) is 13.8 Å². The number of methoxy groups -OCH3 is 1. The van der Waals surface area contributed by atoms with Crippen LogP contribution in [-0.4, -0.2) is 31.9 Å². The van der Waals surface area contributed by atoms with E-state index in [0.717, 1.165) is 12.3 Å². The second kappa shape index (κ2) is 6.92. The SMILES string of the molecule is COCC(CNC(C)(C)C)Oc1cccc(C)c1C. The molecule has 0 saturated carbocycles. The lowest BCUT2D eigenvalue weighted by Crippen LogP contribution is -2.44. The molecule has 1 N–H and O–H groups in total. The van der Waals surface area contributed by atoms with Crippen LogP contribution >= 0.6 is 0 Å². The normalized spacial score (nSPS) is 13.4. The average molecular weight is 265 g/mol. The Bertz CT molecular complexity index is 396. The van der Waals surface area contributed by atoms with Crippen LogP contribution in [-0.2, 0) is 4.74 Å². The fraction of sp³-hybridized carbons (Fsp3) is 0.625. The number of benzene rings is 1. The first-order chi connectivity index (χ1) is 8.83. The number of aryl methyl sites for hydroxylation is 1. The Kier molecular flexibility index (Phi) is 5.83. The van der Waals surface area contributed by atoms with E-state index in [1.807, 2.05) is 12.1 Å². The minimum absolute atomic E-state index is 0.0183. The van der Waals surface area contributed by atoms with Gasteiger partial charge in [0.15, 0.2) is 0 Å². The van der Waals surface area contributed by atoms with Gasteiger partial charge in [-0.3, -0.25) is 0 Å². The fourth-order valence-corrected chi connectivity index (χ4v) is 1.77. The maximum atomic E-state index is 6.07. The zero-order valence-electron chi connectivity index (χ0n) is 13.0. The Morgan fingerprint density at radius 2 is 1.89 bits per heavy atom. The van der Waals surface area contributed by atoms with Crippen LogP contribution in [0.3, 0.4) is 0 Å². The van der Waals surface area contributed by atoms with Crippen molar-refractivity contribution in [3.8, 4) is 5.75 Å². The molecule has 0 aliphatic heterocycles. The summed E-state index contributed by atoms with van der Waals surface area (Å²) in [6.07, 6.45) is 0.0183. The van der Waals surface area contributed by atoms with Crippen molar-refractivity contribution in [2.75, 3.05) is 20.3 Å². The van der Waals surface area contributed by atoms with Crippen molar-refractivity contribution in [2.24, 2.45) is 0 Å². The molecule has 1 rings (SSSR count). The largest absolute Gasteiger partial charge is 0.486 e. The monoisotopic (exact) mass is 265 g/mol. The van der Waals surface area contributed by atoms with Gasteiger partial charge in [0, 0.05) is 19.2 Å². The molecular weight excluding hydrogens is 238 g/mol. The van der Waals surface area contributed by atoms with Gasteiger partial charge in [0.2, 0.25) is 0 Å². The molecule has 0 saturated heterocycles. The van der Waals surface area contributed by atoms with Gasteiger partial charge in [0.05, 0.1) is 6.61 Å². The summed E-state index contributed by atoms with van der Waals surface area (Å²) in [5.41, 5.74) is 2.52. The first-order valence-electron chi connectivity index (χ1n) is 6.80. The van der Waals surface area contributed by atoms with Gasteiger partial charge in [-0.25, -0.2) is 0 Å². The lowest BCUT2D eigenvalue weighted by atomic mass is 10.1. The van der Waals surface area contributed by atoms with E-state index < -0.39 is 0 Å². The molecule has 0 spiro atoms. The first kappa shape index (κ1) is 16.0. The highest BCUT2D eigenvalue weighted by molar-refractivity contribution is 5.38. The zero-order valence-corrected chi connectivity index (χ0v) is 13.0. The molecule has 0 heterocycles. The Hall–Kier alpha value is -1.06. The molecule has 0 aromatic heterocycles. The summed E-state index contributed by atoms with van der Waals surface area (Å²) in [6, 6.07) is 6.14. The van der Waals surface area contributed by atoms with Gasteiger partial charge in [0.25, 0.3) is 0 Å². The van der Waals surface area contributed by atoms with E-state index in [4.69, 9.17) is 9.47 Å². The zero-order chi connectivity index (χ0) is 14.5. The van der Waals surface area contributed by atoms with Crippen LogP contribution in [0.5, 0.6) is 5.75 Å². The number of ether oxygens (including phenoxy) is 2. The third-order valence-corrected chi connectivity index (χ3v) is 3.06. The van der Waals surface area contributed by atoms with Crippen LogP contribution in [0.4, 0.5) is 0 Å². The van der Waals surface area contributed by atoms with E-state index in [2.05, 4.69) is 46.0 Å². The molecule has 19 heavy (non-hydrogen) atoms. The number of nitrogens with one attached hydrogen (secondary N) is 1. The van der Waals surface area contributed by atoms with Crippen molar-refractivity contribution in [3.63, 3.8) is 0 Å². The van der Waals surface area contributed by atoms with Crippen molar-refractivity contribution in [1.82, 2.24) is 5.32 Å². The lowest BCUT2D eigenvalue weighted by molar-refractivity contribution is 0.0760. The smallest absolute Gasteiger partial charge is 0.134 e. The molecule has 0 amide bonds. The van der Waals surface area contributed by atoms with Gasteiger partial charge in [0.1, 0.15) is 11.9 Å². The summed E-state index contributed by atoms with van der Waals surface area (Å²) >= 11 is 0. The molecule has 0 radical (unpaired) electrons. The summed E-state index contributed by atoms with van der Waals surface area (Å²) in [5.74, 6) is 0.942. The average Bonchev–Trinajstić information content (AvgIpc) is 2.31. The van der Waals surface area contributed by atoms with Crippen LogP contribution in [0.1, 0.15) is 31.9 Å². The third kappa shape index (κ3) is 5.62. The lowest BCUT2D eigenvalue weighted by Gasteiger charge is -2.26. The third-order valence-electron chi connectivity index (χ3n) is 3.06. The van der Waals surface area contributed by atoms with E-state index in [9.17, 15) is 0 Å². The fourth-order valence-electron chi connectivity index (χ4n) is 1.77. The summed E-state index contributed by atoms with van der Waals surface area (Å²) in [6.45, 7) is 12.0. The Morgan fingerprint density at radius 3 is 2.47 bits per heavy atom. The molecule has 1 atom stereocenters. The Balaban J connectivity index is 2.70. The van der Waals surface area contributed by atoms with Crippen molar-refractivity contribution >= 4 is 0 Å². The van der Waals surface area contributed by atoms with Crippen LogP contribution in [0.15, 0.2) is 18.2 Å². The summed E-state index contributed by atoms with van der Waals surface area (Å²) in [5, 5.41) is 3.46. The highest BCUT2D eigenvalue weighted by Gasteiger charge is 2.16. The minimum atomic E-state index is 0.0183. The van der Waals surface area contributed by atoms with Gasteiger partial charge in [-0.2, -0.15) is 0 Å². The highest BCUT2D eigenvalue weighted by Crippen LogP contribution is 2.21. The maximum absolute atomic E-state index is 6.07. The van der Waals surface area contributed by atoms with Gasteiger partial charge < -0.3 is 14.8 Å². The van der Waals surface area contributed by atoms with E-state index in [-0.39, 0.29) is 11.6 Å². The quantitative estimate of drug-likeness (QED) is 0.857. The highest BCUT2D eigenvalue weighted by atomic mass is 16.5. The number of rotatable bonds is 6. The molecule has 3 heteroatoms. The second-order valence-corrected chi connectivity index (χ2v) is 6.02. The second-order valence-electron chi connectivity index (χ2n) is 6.02. The van der Waals surface area contributed by atoms with Crippen molar-refractivity contribution in [3.05, 3.63) is 29.3 Å². The first-order valence-corrected chi connectivity index (χ1v) is 6.80. The Morgan fingerprint density at radius 1 is 1.21 bits per heavy atom. The van der Waals surface area contributed by atoms with E-state index in [1.165, 1.54) is 11.1 Å². The van der Waals surface area contributed by atoms with E-state index in [1.54, 1.807) is 7.11 Å². The Labute approximate surface area is 117 Å². The number of hydrogen-bond donors (Lipinski definition) is 1. The summed E-state index contributed by atoms with van der Waals surface area (Å²) in [7, 11) is 1.70. The van der Waals surface area contributed by atoms with Crippen LogP contribution < -0.4 is 10.1 Å². The molecule has 0 bridgehead atoms. The predicted molar refractivity (Wildman–Crippen MR) is 80.0 cm³/mol. The van der Waals surface area contributed by atoms with Gasteiger partial charge in [-0.15, -0.1) is 0 Å². The summed E-state index contributed by atoms with van der Waals surface area (Å²) < 4.78 is 11.3. The van der Waals surface area contributed by atoms with Crippen molar-refractivity contribution in [2.45, 2.75) is 46.3 Å². The molecule has 0 fully saturated rings. The van der Waals surface area contributed by atoms with Crippen LogP contribution in [0.2, 0.25) is 0 Å². The molecular formula is C16H27NO2. The molecule has 1 aromatic carbocycles. The topological polar surface area (TPSA) is 30.5 Å². The van der Waals surface area contributed by atoms with E-state index >= 15 is 0 Å². The van der Waals surface area contributed by atoms with Gasteiger partial charge >= 0.3 is 0 Å². The molecule has 1 aromatic rings. The van der Waals surface area contributed by atoms with Crippen LogP contribution in [0.25, 0.3) is 0 Å². The van der Waals surface area contributed by atoms with Gasteiger partial charge in [-0.05, 0) is 51.8 Å². The van der Waals surface area contributed by atoms with Gasteiger partial charge in [-0.1, -0.05) is 12.1 Å². The minimum Gasteiger partial charge on any atom is -0.486 e. The molecule has 0 aliphatic rings. The molecule has 3 nitrogen and oxygen atoms in total. The van der Waals surface area contributed by atoms with Crippen molar-refractivity contribution in [1.29, 1.82) is 0 Å². The van der Waals surface area contributed by atoms with Crippen molar-refractivity contribution < 1.29 is 9.47 Å². The molecule has 1 unspecified atom stereocenters. The summed E-state index contributed by atoms with van der Waals surface area (Å²) in [4.78, 5) is 0. The number of hydrogen-bond acceptors (Lipinski definition) is 3. The molecule has 108 valence electrons. The molecule has 0 aliphatic carbocycles. The predicted octanol–water partition coefficient (Wildman–Crippen LogP) is 3.09.